The summed E-state index contributed by atoms with van der Waals surface area (Å²) in [4.78, 5) is 13.3. The van der Waals surface area contributed by atoms with E-state index in [2.05, 4.69) is 4.98 Å². The van der Waals surface area contributed by atoms with E-state index in [0.29, 0.717) is 12.4 Å². The summed E-state index contributed by atoms with van der Waals surface area (Å²) in [7, 11) is 0. The molecule has 0 atom stereocenters. The van der Waals surface area contributed by atoms with Crippen molar-refractivity contribution < 1.29 is 13.9 Å². The predicted molar refractivity (Wildman–Crippen MR) is 70.4 cm³/mol. The van der Waals surface area contributed by atoms with Gasteiger partial charge >= 0.3 is 0 Å². The molecule has 0 bridgehead atoms. The zero-order valence-corrected chi connectivity index (χ0v) is 9.89. The molecule has 4 heteroatoms. The Morgan fingerprint density at radius 1 is 1.00 bits per heavy atom. The van der Waals surface area contributed by atoms with E-state index in [1.54, 1.807) is 18.2 Å². The van der Waals surface area contributed by atoms with Crippen LogP contribution in [0.25, 0.3) is 22.0 Å². The number of aromatic amines is 1. The first-order valence-corrected chi connectivity index (χ1v) is 5.75. The third kappa shape index (κ3) is 2.20. The molecule has 2 aromatic carbocycles. The molecule has 0 aliphatic rings. The fraction of sp³-hybridized carbons (Fsp3) is 0. The Bertz CT molecular complexity index is 731. The average molecular weight is 255 g/mol. The summed E-state index contributed by atoms with van der Waals surface area (Å²) in [6.45, 7) is 0.381. The van der Waals surface area contributed by atoms with Gasteiger partial charge in [-0.1, -0.05) is 24.3 Å². The molecule has 0 fully saturated rings. The van der Waals surface area contributed by atoms with E-state index in [4.69, 9.17) is 4.74 Å². The molecule has 0 saturated carbocycles. The third-order valence-electron chi connectivity index (χ3n) is 2.95. The van der Waals surface area contributed by atoms with Gasteiger partial charge in [0.05, 0.1) is 0 Å². The maximum Gasteiger partial charge on any atom is 0.299 e. The van der Waals surface area contributed by atoms with Gasteiger partial charge in [-0.3, -0.25) is 4.79 Å². The summed E-state index contributed by atoms with van der Waals surface area (Å²) in [6, 6.07) is 13.8. The molecule has 0 saturated heterocycles. The maximum atomic E-state index is 12.9. The fourth-order valence-electron chi connectivity index (χ4n) is 2.04. The summed E-state index contributed by atoms with van der Waals surface area (Å²) in [6.07, 6.45) is 0. The number of ether oxygens (including phenoxy) is 1. The molecule has 3 aromatic rings. The van der Waals surface area contributed by atoms with Crippen molar-refractivity contribution in [3.8, 4) is 17.0 Å². The first kappa shape index (κ1) is 11.5. The molecule has 0 aliphatic carbocycles. The van der Waals surface area contributed by atoms with Crippen molar-refractivity contribution >= 4 is 17.4 Å². The van der Waals surface area contributed by atoms with Crippen LogP contribution in [0.3, 0.4) is 0 Å². The van der Waals surface area contributed by atoms with Gasteiger partial charge in [-0.25, -0.2) is 4.39 Å². The summed E-state index contributed by atoms with van der Waals surface area (Å²) >= 11 is 0. The highest BCUT2D eigenvalue weighted by atomic mass is 19.1. The molecule has 3 rings (SSSR count). The van der Waals surface area contributed by atoms with Crippen LogP contribution >= 0.6 is 0 Å². The molecule has 19 heavy (non-hydrogen) atoms. The van der Waals surface area contributed by atoms with Gasteiger partial charge in [0.2, 0.25) is 5.88 Å². The zero-order valence-electron chi connectivity index (χ0n) is 9.89. The molecule has 0 amide bonds. The molecule has 0 unspecified atom stereocenters. The summed E-state index contributed by atoms with van der Waals surface area (Å²) in [5.74, 6) is 0.146. The van der Waals surface area contributed by atoms with E-state index in [1.807, 2.05) is 18.2 Å². The summed E-state index contributed by atoms with van der Waals surface area (Å²) < 4.78 is 17.7. The SMILES string of the molecule is O=COc1cc2ccc(-c3ccc(F)cc3)cc2[nH]1. The monoisotopic (exact) mass is 255 g/mol. The van der Waals surface area contributed by atoms with Crippen molar-refractivity contribution in [1.82, 2.24) is 4.98 Å². The van der Waals surface area contributed by atoms with Crippen LogP contribution in [0, 0.1) is 5.82 Å². The van der Waals surface area contributed by atoms with Crippen LogP contribution in [0.5, 0.6) is 5.88 Å². The molecule has 94 valence electrons. The minimum Gasteiger partial charge on any atom is -0.412 e. The number of H-pyrrole nitrogens is 1. The lowest BCUT2D eigenvalue weighted by molar-refractivity contribution is -0.120. The lowest BCUT2D eigenvalue weighted by atomic mass is 10.0. The molecule has 0 spiro atoms. The minimum atomic E-state index is -0.258. The van der Waals surface area contributed by atoms with Crippen molar-refractivity contribution in [2.24, 2.45) is 0 Å². The van der Waals surface area contributed by atoms with E-state index >= 15 is 0 Å². The van der Waals surface area contributed by atoms with Gasteiger partial charge in [-0.05, 0) is 29.3 Å². The highest BCUT2D eigenvalue weighted by molar-refractivity contribution is 5.86. The Kier molecular flexibility index (Phi) is 2.76. The molecular formula is C15H10FNO2. The van der Waals surface area contributed by atoms with Crippen molar-refractivity contribution in [3.05, 3.63) is 54.3 Å². The number of hydrogen-bond acceptors (Lipinski definition) is 2. The first-order valence-electron chi connectivity index (χ1n) is 5.75. The Morgan fingerprint density at radius 3 is 2.47 bits per heavy atom. The van der Waals surface area contributed by atoms with Crippen molar-refractivity contribution in [2.75, 3.05) is 0 Å². The molecule has 1 heterocycles. The van der Waals surface area contributed by atoms with Crippen LogP contribution in [0.15, 0.2) is 48.5 Å². The van der Waals surface area contributed by atoms with Gasteiger partial charge in [-0.2, -0.15) is 0 Å². The predicted octanol–water partition coefficient (Wildman–Crippen LogP) is 3.51. The second kappa shape index (κ2) is 4.57. The second-order valence-corrected chi connectivity index (χ2v) is 4.16. The van der Waals surface area contributed by atoms with Crippen LogP contribution < -0.4 is 4.74 Å². The number of fused-ring (bicyclic) bond motifs is 1. The van der Waals surface area contributed by atoms with Gasteiger partial charge in [0.25, 0.3) is 6.47 Å². The maximum absolute atomic E-state index is 12.9. The Labute approximate surface area is 108 Å². The number of hydrogen-bond donors (Lipinski definition) is 1. The fourth-order valence-corrected chi connectivity index (χ4v) is 2.04. The van der Waals surface area contributed by atoms with Gasteiger partial charge in [0, 0.05) is 17.0 Å². The highest BCUT2D eigenvalue weighted by Gasteiger charge is 2.04. The molecule has 1 aromatic heterocycles. The molecule has 0 aliphatic heterocycles. The molecule has 1 N–H and O–H groups in total. The van der Waals surface area contributed by atoms with Crippen molar-refractivity contribution in [2.45, 2.75) is 0 Å². The largest absolute Gasteiger partial charge is 0.412 e. The van der Waals surface area contributed by atoms with E-state index in [9.17, 15) is 9.18 Å². The van der Waals surface area contributed by atoms with Gasteiger partial charge < -0.3 is 9.72 Å². The standard InChI is InChI=1S/C15H10FNO2/c16-13-5-3-10(4-6-13)11-1-2-12-8-15(19-9-18)17-14(12)7-11/h1-9,17H. The number of rotatable bonds is 3. The Balaban J connectivity index is 2.05. The van der Waals surface area contributed by atoms with Crippen LogP contribution in [-0.4, -0.2) is 11.5 Å². The minimum absolute atomic E-state index is 0.258. The normalized spacial score (nSPS) is 10.6. The van der Waals surface area contributed by atoms with Crippen LogP contribution in [-0.2, 0) is 4.79 Å². The van der Waals surface area contributed by atoms with Crippen LogP contribution in [0.4, 0.5) is 4.39 Å². The van der Waals surface area contributed by atoms with E-state index in [-0.39, 0.29) is 5.82 Å². The van der Waals surface area contributed by atoms with Crippen molar-refractivity contribution in [3.63, 3.8) is 0 Å². The second-order valence-electron chi connectivity index (χ2n) is 4.16. The summed E-state index contributed by atoms with van der Waals surface area (Å²) in [5, 5.41) is 0.947. The quantitative estimate of drug-likeness (QED) is 0.728. The summed E-state index contributed by atoms with van der Waals surface area (Å²) in [5.41, 5.74) is 2.75. The number of nitrogens with one attached hydrogen (secondary N) is 1. The van der Waals surface area contributed by atoms with E-state index in [0.717, 1.165) is 22.0 Å². The molecule has 3 nitrogen and oxygen atoms in total. The Hall–Kier alpha value is -2.62. The number of benzene rings is 2. The van der Waals surface area contributed by atoms with E-state index in [1.165, 1.54) is 12.1 Å². The average Bonchev–Trinajstić information content (AvgIpc) is 2.81. The van der Waals surface area contributed by atoms with Gasteiger partial charge in [0.1, 0.15) is 5.82 Å². The number of carbonyl (C=O) groups is 1. The smallest absolute Gasteiger partial charge is 0.299 e. The lowest BCUT2D eigenvalue weighted by Gasteiger charge is -2.01. The molecular weight excluding hydrogens is 245 g/mol. The van der Waals surface area contributed by atoms with Crippen LogP contribution in [0.2, 0.25) is 0 Å². The first-order chi connectivity index (χ1) is 9.26. The lowest BCUT2D eigenvalue weighted by Crippen LogP contribution is -1.86. The molecule has 0 radical (unpaired) electrons. The zero-order chi connectivity index (χ0) is 13.2. The van der Waals surface area contributed by atoms with Crippen LogP contribution in [0.1, 0.15) is 0 Å². The van der Waals surface area contributed by atoms with E-state index < -0.39 is 0 Å². The number of carbonyl (C=O) groups excluding carboxylic acids is 1. The number of halogens is 1. The Morgan fingerprint density at radius 2 is 1.74 bits per heavy atom. The number of aromatic nitrogens is 1. The highest BCUT2D eigenvalue weighted by Crippen LogP contribution is 2.26. The third-order valence-corrected chi connectivity index (χ3v) is 2.95. The van der Waals surface area contributed by atoms with Crippen molar-refractivity contribution in [1.29, 1.82) is 0 Å². The van der Waals surface area contributed by atoms with Gasteiger partial charge in [0.15, 0.2) is 0 Å². The topological polar surface area (TPSA) is 42.1 Å². The van der Waals surface area contributed by atoms with Gasteiger partial charge in [-0.15, -0.1) is 0 Å².